The molecule has 0 aliphatic carbocycles. The second-order valence-corrected chi connectivity index (χ2v) is 5.36. The Morgan fingerprint density at radius 1 is 1.22 bits per heavy atom. The van der Waals surface area contributed by atoms with Crippen LogP contribution in [0.25, 0.3) is 0 Å². The molecule has 2 aromatic rings. The van der Waals surface area contributed by atoms with Crippen molar-refractivity contribution in [2.45, 2.75) is 23.6 Å². The lowest BCUT2D eigenvalue weighted by Crippen LogP contribution is -1.94. The highest BCUT2D eigenvalue weighted by Crippen LogP contribution is 2.35. The highest BCUT2D eigenvalue weighted by molar-refractivity contribution is 7.99. The zero-order valence-corrected chi connectivity index (χ0v) is 11.6. The molecule has 18 heavy (non-hydrogen) atoms. The van der Waals surface area contributed by atoms with Crippen molar-refractivity contribution >= 4 is 23.4 Å². The van der Waals surface area contributed by atoms with Crippen molar-refractivity contribution in [3.8, 4) is 6.07 Å². The molecule has 0 N–H and O–H groups in total. The van der Waals surface area contributed by atoms with Gasteiger partial charge in [0, 0.05) is 15.5 Å². The van der Waals surface area contributed by atoms with Crippen LogP contribution in [-0.4, -0.2) is 4.98 Å². The summed E-state index contributed by atoms with van der Waals surface area (Å²) in [5.74, 6) is 0. The number of hydrogen-bond donors (Lipinski definition) is 0. The molecule has 0 fully saturated rings. The van der Waals surface area contributed by atoms with Gasteiger partial charge in [0.1, 0.15) is 6.07 Å². The van der Waals surface area contributed by atoms with Crippen molar-refractivity contribution in [2.24, 2.45) is 0 Å². The molecule has 4 heteroatoms. The summed E-state index contributed by atoms with van der Waals surface area (Å²) in [6.07, 6.45) is 0. The number of benzene rings is 1. The summed E-state index contributed by atoms with van der Waals surface area (Å²) in [4.78, 5) is 6.14. The Kier molecular flexibility index (Phi) is 3.90. The first-order valence-corrected chi connectivity index (χ1v) is 6.62. The van der Waals surface area contributed by atoms with Gasteiger partial charge < -0.3 is 0 Å². The largest absolute Gasteiger partial charge is 0.257 e. The van der Waals surface area contributed by atoms with Crippen LogP contribution in [0.4, 0.5) is 0 Å². The Morgan fingerprint density at radius 2 is 1.94 bits per heavy atom. The zero-order chi connectivity index (χ0) is 13.1. The molecule has 0 bridgehead atoms. The van der Waals surface area contributed by atoms with Gasteiger partial charge in [-0.15, -0.1) is 0 Å². The molecule has 0 amide bonds. The second-order valence-electron chi connectivity index (χ2n) is 3.87. The third-order valence-electron chi connectivity index (χ3n) is 2.46. The predicted octanol–water partition coefficient (Wildman–Crippen LogP) is 4.37. The van der Waals surface area contributed by atoms with E-state index in [-0.39, 0.29) is 0 Å². The van der Waals surface area contributed by atoms with Crippen molar-refractivity contribution in [2.75, 3.05) is 0 Å². The van der Waals surface area contributed by atoms with E-state index in [1.807, 2.05) is 44.2 Å². The lowest BCUT2D eigenvalue weighted by molar-refractivity contribution is 1.07. The molecule has 2 rings (SSSR count). The Bertz CT molecular complexity index is 632. The second kappa shape index (κ2) is 5.43. The number of pyridine rings is 1. The minimum absolute atomic E-state index is 0.616. The van der Waals surface area contributed by atoms with E-state index in [1.165, 1.54) is 11.8 Å². The lowest BCUT2D eigenvalue weighted by Gasteiger charge is -2.08. The van der Waals surface area contributed by atoms with Gasteiger partial charge in [0.15, 0.2) is 0 Å². The summed E-state index contributed by atoms with van der Waals surface area (Å²) < 4.78 is 0. The van der Waals surface area contributed by atoms with E-state index in [9.17, 15) is 5.26 Å². The molecule has 1 heterocycles. The SMILES string of the molecule is Cc1cc(Sc2ccccc2Cl)c(C#N)c(C)n1. The van der Waals surface area contributed by atoms with Gasteiger partial charge in [0.25, 0.3) is 0 Å². The number of aromatic nitrogens is 1. The van der Waals surface area contributed by atoms with Gasteiger partial charge in [0.05, 0.1) is 16.3 Å². The van der Waals surface area contributed by atoms with Crippen LogP contribution < -0.4 is 0 Å². The van der Waals surface area contributed by atoms with E-state index >= 15 is 0 Å². The molecule has 0 aliphatic rings. The topological polar surface area (TPSA) is 36.7 Å². The minimum Gasteiger partial charge on any atom is -0.257 e. The molecule has 0 saturated heterocycles. The van der Waals surface area contributed by atoms with Crippen LogP contribution in [0.5, 0.6) is 0 Å². The zero-order valence-electron chi connectivity index (χ0n) is 10.1. The number of nitrogens with zero attached hydrogens (tertiary/aromatic N) is 2. The summed E-state index contributed by atoms with van der Waals surface area (Å²) in [6.45, 7) is 3.77. The third-order valence-corrected chi connectivity index (χ3v) is 4.02. The first-order chi connectivity index (χ1) is 8.61. The van der Waals surface area contributed by atoms with E-state index in [4.69, 9.17) is 11.6 Å². The van der Waals surface area contributed by atoms with Crippen LogP contribution in [0.15, 0.2) is 40.1 Å². The quantitative estimate of drug-likeness (QED) is 0.816. The maximum absolute atomic E-state index is 9.20. The first-order valence-electron chi connectivity index (χ1n) is 5.42. The van der Waals surface area contributed by atoms with Gasteiger partial charge in [0.2, 0.25) is 0 Å². The highest BCUT2D eigenvalue weighted by Gasteiger charge is 2.10. The van der Waals surface area contributed by atoms with Crippen molar-refractivity contribution in [3.63, 3.8) is 0 Å². The summed E-state index contributed by atoms with van der Waals surface area (Å²) in [7, 11) is 0. The fourth-order valence-electron chi connectivity index (χ4n) is 1.66. The number of nitriles is 1. The normalized spacial score (nSPS) is 10.1. The molecule has 0 aliphatic heterocycles. The van der Waals surface area contributed by atoms with Crippen molar-refractivity contribution in [1.82, 2.24) is 4.98 Å². The Balaban J connectivity index is 2.47. The third kappa shape index (κ3) is 2.66. The van der Waals surface area contributed by atoms with Crippen molar-refractivity contribution < 1.29 is 0 Å². The fourth-order valence-corrected chi connectivity index (χ4v) is 2.98. The van der Waals surface area contributed by atoms with Gasteiger partial charge in [-0.3, -0.25) is 4.98 Å². The smallest absolute Gasteiger partial charge is 0.102 e. The van der Waals surface area contributed by atoms with Crippen LogP contribution in [0.2, 0.25) is 5.02 Å². The fraction of sp³-hybridized carbons (Fsp3) is 0.143. The van der Waals surface area contributed by atoms with Gasteiger partial charge in [-0.2, -0.15) is 5.26 Å². The monoisotopic (exact) mass is 274 g/mol. The van der Waals surface area contributed by atoms with Crippen molar-refractivity contribution in [1.29, 1.82) is 5.26 Å². The van der Waals surface area contributed by atoms with Crippen LogP contribution >= 0.6 is 23.4 Å². The van der Waals surface area contributed by atoms with Gasteiger partial charge >= 0.3 is 0 Å². The van der Waals surface area contributed by atoms with E-state index in [1.54, 1.807) is 0 Å². The van der Waals surface area contributed by atoms with Crippen LogP contribution in [0, 0.1) is 25.2 Å². The number of rotatable bonds is 2. The van der Waals surface area contributed by atoms with E-state index in [0.29, 0.717) is 10.6 Å². The molecule has 0 saturated carbocycles. The van der Waals surface area contributed by atoms with Crippen LogP contribution in [0.1, 0.15) is 17.0 Å². The number of halogens is 1. The van der Waals surface area contributed by atoms with E-state index in [2.05, 4.69) is 11.1 Å². The number of hydrogen-bond acceptors (Lipinski definition) is 3. The maximum atomic E-state index is 9.20. The summed E-state index contributed by atoms with van der Waals surface area (Å²) >= 11 is 7.63. The average molecular weight is 275 g/mol. The molecule has 0 spiro atoms. The molecule has 0 atom stereocenters. The lowest BCUT2D eigenvalue weighted by atomic mass is 10.2. The molecular weight excluding hydrogens is 264 g/mol. The summed E-state index contributed by atoms with van der Waals surface area (Å²) in [5, 5.41) is 9.89. The van der Waals surface area contributed by atoms with Gasteiger partial charge in [-0.1, -0.05) is 35.5 Å². The molecule has 0 unspecified atom stereocenters. The van der Waals surface area contributed by atoms with Crippen LogP contribution in [0.3, 0.4) is 0 Å². The van der Waals surface area contributed by atoms with Crippen LogP contribution in [-0.2, 0) is 0 Å². The summed E-state index contributed by atoms with van der Waals surface area (Å²) in [6, 6.07) is 11.7. The van der Waals surface area contributed by atoms with Gasteiger partial charge in [-0.05, 0) is 32.0 Å². The molecular formula is C14H11ClN2S. The molecule has 1 aromatic carbocycles. The first kappa shape index (κ1) is 12.9. The molecule has 90 valence electrons. The molecule has 0 radical (unpaired) electrons. The predicted molar refractivity (Wildman–Crippen MR) is 74.0 cm³/mol. The molecule has 1 aromatic heterocycles. The highest BCUT2D eigenvalue weighted by atomic mass is 35.5. The Morgan fingerprint density at radius 3 is 2.61 bits per heavy atom. The Labute approximate surface area is 116 Å². The van der Waals surface area contributed by atoms with Crippen molar-refractivity contribution in [3.05, 3.63) is 52.3 Å². The van der Waals surface area contributed by atoms with Gasteiger partial charge in [-0.25, -0.2) is 0 Å². The van der Waals surface area contributed by atoms with E-state index in [0.717, 1.165) is 21.2 Å². The number of aryl methyl sites for hydroxylation is 2. The Hall–Kier alpha value is -1.50. The summed E-state index contributed by atoms with van der Waals surface area (Å²) in [5.41, 5.74) is 2.28. The minimum atomic E-state index is 0.616. The standard InChI is InChI=1S/C14H11ClN2S/c1-9-7-14(11(8-16)10(2)17-9)18-13-6-4-3-5-12(13)15/h3-7H,1-2H3. The maximum Gasteiger partial charge on any atom is 0.102 e. The van der Waals surface area contributed by atoms with E-state index < -0.39 is 0 Å². The molecule has 2 nitrogen and oxygen atoms in total. The average Bonchev–Trinajstić information content (AvgIpc) is 2.31.